The first-order valence-electron chi connectivity index (χ1n) is 6.65. The summed E-state index contributed by atoms with van der Waals surface area (Å²) in [6.07, 6.45) is 0.328. The molecule has 0 bridgehead atoms. The van der Waals surface area contributed by atoms with Gasteiger partial charge in [-0.1, -0.05) is 23.7 Å². The molecule has 0 saturated heterocycles. The van der Waals surface area contributed by atoms with Crippen LogP contribution in [0.15, 0.2) is 24.3 Å². The Kier molecular flexibility index (Phi) is 4.78. The zero-order valence-corrected chi connectivity index (χ0v) is 12.4. The quantitative estimate of drug-likeness (QED) is 0.920. The van der Waals surface area contributed by atoms with E-state index < -0.39 is 6.10 Å². The molecule has 0 amide bonds. The Balaban J connectivity index is 2.08. The molecule has 108 valence electrons. The van der Waals surface area contributed by atoms with E-state index in [1.165, 1.54) is 12.1 Å². The van der Waals surface area contributed by atoms with E-state index in [-0.39, 0.29) is 5.82 Å². The van der Waals surface area contributed by atoms with E-state index in [4.69, 9.17) is 11.6 Å². The molecule has 0 saturated carbocycles. The maximum atomic E-state index is 12.8. The molecule has 0 aliphatic carbocycles. The van der Waals surface area contributed by atoms with Crippen molar-refractivity contribution in [1.29, 1.82) is 0 Å². The van der Waals surface area contributed by atoms with Gasteiger partial charge in [-0.15, -0.1) is 0 Å². The number of nitrogens with zero attached hydrogens (tertiary/aromatic N) is 2. The summed E-state index contributed by atoms with van der Waals surface area (Å²) < 4.78 is 14.6. The molecule has 1 N–H and O–H groups in total. The Labute approximate surface area is 123 Å². The van der Waals surface area contributed by atoms with E-state index in [0.29, 0.717) is 24.4 Å². The molecule has 0 radical (unpaired) electrons. The normalized spacial score (nSPS) is 12.7. The van der Waals surface area contributed by atoms with Gasteiger partial charge in [-0.2, -0.15) is 5.10 Å². The van der Waals surface area contributed by atoms with Crippen molar-refractivity contribution in [2.45, 2.75) is 39.3 Å². The van der Waals surface area contributed by atoms with Gasteiger partial charge in [-0.25, -0.2) is 4.39 Å². The molecular formula is C15H18ClFN2O. The number of hydrogen-bond acceptors (Lipinski definition) is 2. The fourth-order valence-corrected chi connectivity index (χ4v) is 2.46. The van der Waals surface area contributed by atoms with Crippen molar-refractivity contribution in [3.63, 3.8) is 0 Å². The van der Waals surface area contributed by atoms with Crippen molar-refractivity contribution < 1.29 is 9.50 Å². The highest BCUT2D eigenvalue weighted by Crippen LogP contribution is 2.22. The summed E-state index contributed by atoms with van der Waals surface area (Å²) >= 11 is 6.22. The van der Waals surface area contributed by atoms with Gasteiger partial charge in [0.25, 0.3) is 0 Å². The molecule has 1 aromatic carbocycles. The van der Waals surface area contributed by atoms with Gasteiger partial charge in [0.2, 0.25) is 0 Å². The lowest BCUT2D eigenvalue weighted by molar-refractivity contribution is 0.172. The van der Waals surface area contributed by atoms with Crippen LogP contribution in [0.2, 0.25) is 5.02 Å². The summed E-state index contributed by atoms with van der Waals surface area (Å²) in [5.41, 5.74) is 2.52. The Hall–Kier alpha value is -1.39. The van der Waals surface area contributed by atoms with Crippen LogP contribution in [0.1, 0.15) is 23.9 Å². The van der Waals surface area contributed by atoms with Crippen molar-refractivity contribution in [3.05, 3.63) is 52.1 Å². The highest BCUT2D eigenvalue weighted by Gasteiger charge is 2.16. The van der Waals surface area contributed by atoms with E-state index in [0.717, 1.165) is 17.0 Å². The van der Waals surface area contributed by atoms with E-state index in [1.807, 2.05) is 18.5 Å². The molecule has 1 atom stereocenters. The van der Waals surface area contributed by atoms with Crippen molar-refractivity contribution in [3.8, 4) is 0 Å². The Bertz CT molecular complexity index is 580. The van der Waals surface area contributed by atoms with Crippen LogP contribution in [0.5, 0.6) is 0 Å². The predicted octanol–water partition coefficient (Wildman–Crippen LogP) is 3.15. The van der Waals surface area contributed by atoms with Crippen molar-refractivity contribution in [2.75, 3.05) is 0 Å². The number of rotatable bonds is 5. The van der Waals surface area contributed by atoms with Crippen LogP contribution in [0.25, 0.3) is 0 Å². The zero-order valence-electron chi connectivity index (χ0n) is 11.6. The van der Waals surface area contributed by atoms with Crippen LogP contribution in [0, 0.1) is 12.7 Å². The summed E-state index contributed by atoms with van der Waals surface area (Å²) in [5.74, 6) is -0.272. The maximum Gasteiger partial charge on any atom is 0.123 e. The highest BCUT2D eigenvalue weighted by molar-refractivity contribution is 6.31. The van der Waals surface area contributed by atoms with Gasteiger partial charge in [0.15, 0.2) is 0 Å². The first-order chi connectivity index (χ1) is 9.51. The van der Waals surface area contributed by atoms with E-state index in [2.05, 4.69) is 5.10 Å². The molecule has 1 aromatic heterocycles. The first kappa shape index (κ1) is 15.0. The minimum atomic E-state index is -0.570. The van der Waals surface area contributed by atoms with Crippen LogP contribution >= 0.6 is 11.6 Å². The van der Waals surface area contributed by atoms with Gasteiger partial charge in [-0.05, 0) is 38.0 Å². The molecule has 1 unspecified atom stereocenters. The van der Waals surface area contributed by atoms with Gasteiger partial charge in [0, 0.05) is 13.0 Å². The molecule has 0 aliphatic heterocycles. The monoisotopic (exact) mass is 296 g/mol. The summed E-state index contributed by atoms with van der Waals surface area (Å²) in [4.78, 5) is 0. The molecule has 2 aromatic rings. The number of aryl methyl sites for hydroxylation is 2. The Morgan fingerprint density at radius 2 is 1.95 bits per heavy atom. The highest BCUT2D eigenvalue weighted by atomic mass is 35.5. The van der Waals surface area contributed by atoms with Gasteiger partial charge in [0.1, 0.15) is 5.82 Å². The second kappa shape index (κ2) is 6.37. The smallest absolute Gasteiger partial charge is 0.123 e. The van der Waals surface area contributed by atoms with Gasteiger partial charge >= 0.3 is 0 Å². The minimum Gasteiger partial charge on any atom is -0.392 e. The number of benzene rings is 1. The molecule has 3 nitrogen and oxygen atoms in total. The van der Waals surface area contributed by atoms with E-state index >= 15 is 0 Å². The lowest BCUT2D eigenvalue weighted by Crippen LogP contribution is -2.17. The van der Waals surface area contributed by atoms with Crippen LogP contribution < -0.4 is 0 Å². The number of aromatic nitrogens is 2. The molecule has 0 spiro atoms. The van der Waals surface area contributed by atoms with E-state index in [1.54, 1.807) is 12.1 Å². The zero-order chi connectivity index (χ0) is 14.7. The molecule has 0 aliphatic rings. The summed E-state index contributed by atoms with van der Waals surface area (Å²) in [7, 11) is 0. The van der Waals surface area contributed by atoms with Crippen LogP contribution in [-0.4, -0.2) is 21.0 Å². The SMILES string of the molecule is CCn1nc(C)c(Cl)c1CC(O)Cc1ccc(F)cc1. The summed E-state index contributed by atoms with van der Waals surface area (Å²) in [6, 6.07) is 6.16. The fraction of sp³-hybridized carbons (Fsp3) is 0.400. The number of hydrogen-bond donors (Lipinski definition) is 1. The third-order valence-corrected chi connectivity index (χ3v) is 3.76. The van der Waals surface area contributed by atoms with Crippen LogP contribution in [0.3, 0.4) is 0 Å². The number of halogens is 2. The van der Waals surface area contributed by atoms with Gasteiger partial charge in [0.05, 0.1) is 22.5 Å². The van der Waals surface area contributed by atoms with Crippen LogP contribution in [0.4, 0.5) is 4.39 Å². The van der Waals surface area contributed by atoms with Crippen molar-refractivity contribution in [1.82, 2.24) is 9.78 Å². The van der Waals surface area contributed by atoms with Crippen molar-refractivity contribution in [2.24, 2.45) is 0 Å². The molecule has 2 rings (SSSR count). The summed E-state index contributed by atoms with van der Waals surface area (Å²) in [6.45, 7) is 4.55. The predicted molar refractivity (Wildman–Crippen MR) is 77.5 cm³/mol. The van der Waals surface area contributed by atoms with Crippen LogP contribution in [-0.2, 0) is 19.4 Å². The minimum absolute atomic E-state index is 0.272. The first-order valence-corrected chi connectivity index (χ1v) is 7.03. The fourth-order valence-electron chi connectivity index (χ4n) is 2.25. The van der Waals surface area contributed by atoms with Crippen molar-refractivity contribution >= 4 is 11.6 Å². The Morgan fingerprint density at radius 3 is 2.55 bits per heavy atom. The maximum absolute atomic E-state index is 12.8. The summed E-state index contributed by atoms with van der Waals surface area (Å²) in [5, 5.41) is 15.1. The molecule has 1 heterocycles. The molecule has 0 fully saturated rings. The average Bonchev–Trinajstić information content (AvgIpc) is 2.69. The lowest BCUT2D eigenvalue weighted by atomic mass is 10.0. The standard InChI is InChI=1S/C15H18ClFN2O/c1-3-19-14(15(16)10(2)18-19)9-13(20)8-11-4-6-12(17)7-5-11/h4-7,13,20H,3,8-9H2,1-2H3. The van der Waals surface area contributed by atoms with E-state index in [9.17, 15) is 9.50 Å². The largest absolute Gasteiger partial charge is 0.392 e. The average molecular weight is 297 g/mol. The molecule has 5 heteroatoms. The second-order valence-electron chi connectivity index (χ2n) is 4.85. The third-order valence-electron chi connectivity index (χ3n) is 3.27. The van der Waals surface area contributed by atoms with Gasteiger partial charge < -0.3 is 5.11 Å². The molecule has 20 heavy (non-hydrogen) atoms. The number of aliphatic hydroxyl groups excluding tert-OH is 1. The second-order valence-corrected chi connectivity index (χ2v) is 5.23. The lowest BCUT2D eigenvalue weighted by Gasteiger charge is -2.12. The topological polar surface area (TPSA) is 38.0 Å². The Morgan fingerprint density at radius 1 is 1.30 bits per heavy atom. The van der Waals surface area contributed by atoms with Gasteiger partial charge in [-0.3, -0.25) is 4.68 Å². The molecular weight excluding hydrogens is 279 g/mol. The number of aliphatic hydroxyl groups is 1. The third kappa shape index (κ3) is 3.38.